The van der Waals surface area contributed by atoms with Gasteiger partial charge < -0.3 is 20.5 Å². The third-order valence-corrected chi connectivity index (χ3v) is 7.56. The zero-order valence-electron chi connectivity index (χ0n) is 19.9. The number of sulfonamides is 1. The number of hydrogen-bond acceptors (Lipinski definition) is 7. The summed E-state index contributed by atoms with van der Waals surface area (Å²) in [4.78, 5) is 14.3. The van der Waals surface area contributed by atoms with Crippen molar-refractivity contribution in [3.05, 3.63) is 66.1 Å². The Balaban J connectivity index is 1.43. The third kappa shape index (κ3) is 5.26. The monoisotopic (exact) mass is 509 g/mol. The molecule has 4 aromatic rings. The average molecular weight is 510 g/mol. The number of hydrogen-bond donors (Lipinski definition) is 4. The zero-order valence-corrected chi connectivity index (χ0v) is 20.7. The SMILES string of the molecule is CNS(=O)(=O)Cc1ccccc1Nc1nc(Nc2ccc(N3CCCCC3)c(F)c2)nc2[nH]ccc12. The summed E-state index contributed by atoms with van der Waals surface area (Å²) in [7, 11) is -2.08. The summed E-state index contributed by atoms with van der Waals surface area (Å²) >= 11 is 0. The van der Waals surface area contributed by atoms with Crippen molar-refractivity contribution < 1.29 is 12.8 Å². The average Bonchev–Trinajstić information content (AvgIpc) is 3.35. The molecule has 0 atom stereocenters. The van der Waals surface area contributed by atoms with Gasteiger partial charge in [-0.1, -0.05) is 18.2 Å². The minimum atomic E-state index is -3.46. The molecule has 9 nitrogen and oxygen atoms in total. The highest BCUT2D eigenvalue weighted by atomic mass is 32.2. The van der Waals surface area contributed by atoms with Crippen molar-refractivity contribution in [2.75, 3.05) is 35.7 Å². The van der Waals surface area contributed by atoms with E-state index < -0.39 is 10.0 Å². The van der Waals surface area contributed by atoms with Gasteiger partial charge in [-0.15, -0.1) is 0 Å². The summed E-state index contributed by atoms with van der Waals surface area (Å²) in [6.07, 6.45) is 5.08. The van der Waals surface area contributed by atoms with Crippen molar-refractivity contribution in [1.29, 1.82) is 0 Å². The number of H-pyrrole nitrogens is 1. The highest BCUT2D eigenvalue weighted by Gasteiger charge is 2.17. The lowest BCUT2D eigenvalue weighted by Crippen LogP contribution is -2.30. The molecule has 0 radical (unpaired) electrons. The first-order chi connectivity index (χ1) is 17.4. The Hall–Kier alpha value is -3.70. The number of para-hydroxylation sites is 1. The van der Waals surface area contributed by atoms with Crippen molar-refractivity contribution in [1.82, 2.24) is 19.7 Å². The van der Waals surface area contributed by atoms with Crippen LogP contribution in [0.15, 0.2) is 54.7 Å². The number of aromatic nitrogens is 3. The summed E-state index contributed by atoms with van der Waals surface area (Å²) in [5, 5.41) is 7.09. The Morgan fingerprint density at radius 3 is 2.61 bits per heavy atom. The van der Waals surface area contributed by atoms with Crippen LogP contribution in [0, 0.1) is 5.82 Å². The van der Waals surface area contributed by atoms with Crippen molar-refractivity contribution in [2.24, 2.45) is 0 Å². The zero-order chi connectivity index (χ0) is 25.1. The molecule has 0 spiro atoms. The molecule has 2 aromatic heterocycles. The highest BCUT2D eigenvalue weighted by Crippen LogP contribution is 2.30. The van der Waals surface area contributed by atoms with E-state index in [1.807, 2.05) is 18.2 Å². The summed E-state index contributed by atoms with van der Waals surface area (Å²) in [6, 6.07) is 14.0. The molecule has 1 aliphatic rings. The molecule has 4 N–H and O–H groups in total. The van der Waals surface area contributed by atoms with Gasteiger partial charge >= 0.3 is 0 Å². The second kappa shape index (κ2) is 10.1. The number of fused-ring (bicyclic) bond motifs is 1. The maximum atomic E-state index is 14.9. The molecule has 36 heavy (non-hydrogen) atoms. The van der Waals surface area contributed by atoms with Gasteiger partial charge in [0.05, 0.1) is 16.8 Å². The Labute approximate surface area is 209 Å². The number of nitrogens with zero attached hydrogens (tertiary/aromatic N) is 3. The fourth-order valence-corrected chi connectivity index (χ4v) is 5.18. The van der Waals surface area contributed by atoms with Crippen LogP contribution in [0.1, 0.15) is 24.8 Å². The van der Waals surface area contributed by atoms with Crippen LogP contribution in [0.5, 0.6) is 0 Å². The van der Waals surface area contributed by atoms with Crippen molar-refractivity contribution in [3.8, 4) is 0 Å². The molecule has 5 rings (SSSR count). The quantitative estimate of drug-likeness (QED) is 0.274. The molecule has 0 saturated carbocycles. The van der Waals surface area contributed by atoms with Crippen LogP contribution < -0.4 is 20.3 Å². The van der Waals surface area contributed by atoms with E-state index in [1.54, 1.807) is 30.5 Å². The number of halogens is 1. The van der Waals surface area contributed by atoms with E-state index in [2.05, 4.69) is 35.2 Å². The molecule has 3 heterocycles. The van der Waals surface area contributed by atoms with E-state index in [0.29, 0.717) is 34.1 Å². The van der Waals surface area contributed by atoms with Gasteiger partial charge in [0, 0.05) is 30.7 Å². The number of anilines is 5. The van der Waals surface area contributed by atoms with E-state index >= 15 is 0 Å². The highest BCUT2D eigenvalue weighted by molar-refractivity contribution is 7.88. The van der Waals surface area contributed by atoms with E-state index in [-0.39, 0.29) is 17.5 Å². The molecule has 1 saturated heterocycles. The molecule has 2 aromatic carbocycles. The maximum absolute atomic E-state index is 14.9. The van der Waals surface area contributed by atoms with Crippen LogP contribution in [0.3, 0.4) is 0 Å². The van der Waals surface area contributed by atoms with Crippen LogP contribution in [0.4, 0.5) is 33.2 Å². The number of piperidine rings is 1. The summed E-state index contributed by atoms with van der Waals surface area (Å²) in [5.41, 5.74) is 2.93. The van der Waals surface area contributed by atoms with Crippen LogP contribution in [-0.2, 0) is 15.8 Å². The van der Waals surface area contributed by atoms with Crippen molar-refractivity contribution >= 4 is 49.9 Å². The minimum absolute atomic E-state index is 0.179. The summed E-state index contributed by atoms with van der Waals surface area (Å²) < 4.78 is 41.5. The lowest BCUT2D eigenvalue weighted by molar-refractivity contribution is 0.557. The van der Waals surface area contributed by atoms with Gasteiger partial charge in [0.15, 0.2) is 0 Å². The first kappa shape index (κ1) is 24.0. The molecule has 1 fully saturated rings. The molecule has 0 amide bonds. The molecule has 1 aliphatic heterocycles. The summed E-state index contributed by atoms with van der Waals surface area (Å²) in [5.74, 6) is 0.296. The van der Waals surface area contributed by atoms with Gasteiger partial charge in [-0.2, -0.15) is 9.97 Å². The number of aromatic amines is 1. The Morgan fingerprint density at radius 1 is 1.03 bits per heavy atom. The predicted octanol–water partition coefficient (Wildman–Crippen LogP) is 4.62. The lowest BCUT2D eigenvalue weighted by atomic mass is 10.1. The van der Waals surface area contributed by atoms with Gasteiger partial charge in [-0.3, -0.25) is 0 Å². The van der Waals surface area contributed by atoms with Gasteiger partial charge in [0.1, 0.15) is 17.3 Å². The maximum Gasteiger partial charge on any atom is 0.231 e. The number of nitrogens with one attached hydrogen (secondary N) is 4. The fraction of sp³-hybridized carbons (Fsp3) is 0.280. The van der Waals surface area contributed by atoms with Crippen LogP contribution in [0.2, 0.25) is 0 Å². The number of rotatable bonds is 8. The standard InChI is InChI=1S/C25H28FN7O2S/c1-27-36(34,35)16-17-7-3-4-8-21(17)30-24-19-11-12-28-23(19)31-25(32-24)29-18-9-10-22(20(26)15-18)33-13-5-2-6-14-33/h3-4,7-12,15,27H,2,5-6,13-14,16H2,1H3,(H3,28,29,30,31,32). The molecule has 0 unspecified atom stereocenters. The number of benzene rings is 2. The smallest absolute Gasteiger partial charge is 0.231 e. The van der Waals surface area contributed by atoms with E-state index in [9.17, 15) is 12.8 Å². The van der Waals surface area contributed by atoms with E-state index in [4.69, 9.17) is 0 Å². The Morgan fingerprint density at radius 2 is 1.83 bits per heavy atom. The minimum Gasteiger partial charge on any atom is -0.369 e. The van der Waals surface area contributed by atoms with Crippen molar-refractivity contribution in [2.45, 2.75) is 25.0 Å². The normalized spacial score (nSPS) is 14.2. The van der Waals surface area contributed by atoms with Crippen LogP contribution in [0.25, 0.3) is 11.0 Å². The van der Waals surface area contributed by atoms with Gasteiger partial charge in [0.25, 0.3) is 0 Å². The largest absolute Gasteiger partial charge is 0.369 e. The van der Waals surface area contributed by atoms with E-state index in [0.717, 1.165) is 31.3 Å². The van der Waals surface area contributed by atoms with Crippen LogP contribution >= 0.6 is 0 Å². The second-order valence-electron chi connectivity index (χ2n) is 8.72. The first-order valence-corrected chi connectivity index (χ1v) is 13.5. The second-order valence-corrected chi connectivity index (χ2v) is 10.6. The third-order valence-electron chi connectivity index (χ3n) is 6.24. The molecular formula is C25H28FN7O2S. The summed E-state index contributed by atoms with van der Waals surface area (Å²) in [6.45, 7) is 1.73. The van der Waals surface area contributed by atoms with Crippen LogP contribution in [-0.4, -0.2) is 43.5 Å². The van der Waals surface area contributed by atoms with E-state index in [1.165, 1.54) is 19.5 Å². The molecule has 11 heteroatoms. The fourth-order valence-electron chi connectivity index (χ4n) is 4.37. The van der Waals surface area contributed by atoms with Gasteiger partial charge in [0.2, 0.25) is 16.0 Å². The topological polar surface area (TPSA) is 115 Å². The predicted molar refractivity (Wildman–Crippen MR) is 141 cm³/mol. The molecule has 0 bridgehead atoms. The lowest BCUT2D eigenvalue weighted by Gasteiger charge is -2.29. The van der Waals surface area contributed by atoms with Crippen molar-refractivity contribution in [3.63, 3.8) is 0 Å². The Bertz CT molecular complexity index is 1480. The Kier molecular flexibility index (Phi) is 6.75. The molecule has 188 valence electrons. The molecular weight excluding hydrogens is 481 g/mol. The van der Waals surface area contributed by atoms with Gasteiger partial charge in [-0.25, -0.2) is 17.5 Å². The first-order valence-electron chi connectivity index (χ1n) is 11.8. The molecule has 0 aliphatic carbocycles. The van der Waals surface area contributed by atoms with Gasteiger partial charge in [-0.05, 0) is 62.2 Å².